The quantitative estimate of drug-likeness (QED) is 0.867. The zero-order valence-corrected chi connectivity index (χ0v) is 9.80. The molecule has 0 atom stereocenters. The summed E-state index contributed by atoms with van der Waals surface area (Å²) in [6.45, 7) is 0. The first kappa shape index (κ1) is 12.8. The van der Waals surface area contributed by atoms with Gasteiger partial charge in [0.25, 0.3) is 0 Å². The molecular weight excluding hydrogens is 239 g/mol. The van der Waals surface area contributed by atoms with Crippen molar-refractivity contribution in [3.05, 3.63) is 29.6 Å². The van der Waals surface area contributed by atoms with E-state index in [0.717, 1.165) is 6.07 Å². The van der Waals surface area contributed by atoms with Gasteiger partial charge in [-0.1, -0.05) is 6.07 Å². The minimum Gasteiger partial charge on any atom is -0.489 e. The minimum atomic E-state index is -1.33. The van der Waals surface area contributed by atoms with Gasteiger partial charge in [-0.05, 0) is 37.8 Å². The van der Waals surface area contributed by atoms with Gasteiger partial charge in [0.05, 0.1) is 12.2 Å². The lowest BCUT2D eigenvalue weighted by molar-refractivity contribution is 0.0606. The normalized spacial score (nSPS) is 23.7. The fraction of sp³-hybridized carbons (Fsp3) is 0.462. The van der Waals surface area contributed by atoms with Crippen LogP contribution in [0, 0.1) is 5.82 Å². The highest BCUT2D eigenvalue weighted by molar-refractivity contribution is 5.91. The van der Waals surface area contributed by atoms with Crippen molar-refractivity contribution in [2.75, 3.05) is 0 Å². The lowest BCUT2D eigenvalue weighted by Crippen LogP contribution is -2.27. The Kier molecular flexibility index (Phi) is 3.81. The Morgan fingerprint density at radius 2 is 1.94 bits per heavy atom. The van der Waals surface area contributed by atoms with Crippen molar-refractivity contribution in [3.8, 4) is 5.75 Å². The molecule has 0 aliphatic heterocycles. The number of hydrogen-bond acceptors (Lipinski definition) is 3. The van der Waals surface area contributed by atoms with Gasteiger partial charge in [0.15, 0.2) is 0 Å². The van der Waals surface area contributed by atoms with Crippen LogP contribution in [0.15, 0.2) is 18.2 Å². The molecule has 0 radical (unpaired) electrons. The highest BCUT2D eigenvalue weighted by Crippen LogP contribution is 2.27. The smallest absolute Gasteiger partial charge is 0.342 e. The Balaban J connectivity index is 2.14. The summed E-state index contributed by atoms with van der Waals surface area (Å²) in [5, 5.41) is 18.3. The fourth-order valence-electron chi connectivity index (χ4n) is 2.15. The van der Waals surface area contributed by atoms with E-state index in [-0.39, 0.29) is 18.0 Å². The lowest BCUT2D eigenvalue weighted by atomic mass is 9.95. The second-order valence-corrected chi connectivity index (χ2v) is 4.47. The molecule has 1 aliphatic carbocycles. The second kappa shape index (κ2) is 5.35. The molecule has 1 saturated carbocycles. The fourth-order valence-corrected chi connectivity index (χ4v) is 2.15. The molecule has 0 amide bonds. The van der Waals surface area contributed by atoms with Crippen LogP contribution in [0.2, 0.25) is 0 Å². The van der Waals surface area contributed by atoms with Gasteiger partial charge in [-0.25, -0.2) is 9.18 Å². The van der Waals surface area contributed by atoms with E-state index >= 15 is 0 Å². The van der Waals surface area contributed by atoms with E-state index in [2.05, 4.69) is 0 Å². The third-order valence-corrected chi connectivity index (χ3v) is 3.13. The molecule has 1 fully saturated rings. The van der Waals surface area contributed by atoms with Crippen molar-refractivity contribution in [3.63, 3.8) is 0 Å². The number of aliphatic hydroxyl groups excluding tert-OH is 1. The molecule has 5 heteroatoms. The highest BCUT2D eigenvalue weighted by atomic mass is 19.1. The lowest BCUT2D eigenvalue weighted by Gasteiger charge is -2.26. The first-order valence-corrected chi connectivity index (χ1v) is 5.94. The summed E-state index contributed by atoms with van der Waals surface area (Å²) in [5.41, 5.74) is -0.427. The number of hydrogen-bond donors (Lipinski definition) is 2. The molecule has 1 aromatic carbocycles. The van der Waals surface area contributed by atoms with Crippen LogP contribution in [-0.2, 0) is 0 Å². The van der Waals surface area contributed by atoms with Gasteiger partial charge < -0.3 is 14.9 Å². The summed E-state index contributed by atoms with van der Waals surface area (Å²) >= 11 is 0. The molecule has 0 heterocycles. The Morgan fingerprint density at radius 3 is 2.56 bits per heavy atom. The van der Waals surface area contributed by atoms with Gasteiger partial charge in [-0.3, -0.25) is 0 Å². The van der Waals surface area contributed by atoms with Gasteiger partial charge in [0.1, 0.15) is 17.1 Å². The number of aromatic carboxylic acids is 1. The Hall–Kier alpha value is -1.62. The summed E-state index contributed by atoms with van der Waals surface area (Å²) in [6, 6.07) is 3.98. The molecule has 4 nitrogen and oxygen atoms in total. The Morgan fingerprint density at radius 1 is 1.28 bits per heavy atom. The van der Waals surface area contributed by atoms with E-state index in [0.29, 0.717) is 25.7 Å². The average Bonchev–Trinajstić information content (AvgIpc) is 2.32. The Labute approximate surface area is 104 Å². The number of aliphatic hydroxyl groups is 1. The predicted octanol–water partition coefficient (Wildman–Crippen LogP) is 2.21. The van der Waals surface area contributed by atoms with Crippen LogP contribution in [-0.4, -0.2) is 28.4 Å². The SMILES string of the molecule is O=C(O)c1c(F)cccc1OC1CCC(O)CC1. The highest BCUT2D eigenvalue weighted by Gasteiger charge is 2.24. The van der Waals surface area contributed by atoms with Crippen molar-refractivity contribution in [1.82, 2.24) is 0 Å². The third kappa shape index (κ3) is 2.79. The zero-order valence-electron chi connectivity index (χ0n) is 9.80. The maximum Gasteiger partial charge on any atom is 0.342 e. The molecule has 18 heavy (non-hydrogen) atoms. The number of rotatable bonds is 3. The Bertz CT molecular complexity index is 439. The molecule has 98 valence electrons. The van der Waals surface area contributed by atoms with Crippen LogP contribution in [0.4, 0.5) is 4.39 Å². The third-order valence-electron chi connectivity index (χ3n) is 3.13. The molecule has 0 spiro atoms. The first-order valence-electron chi connectivity index (χ1n) is 5.94. The van der Waals surface area contributed by atoms with Crippen molar-refractivity contribution in [1.29, 1.82) is 0 Å². The topological polar surface area (TPSA) is 66.8 Å². The number of ether oxygens (including phenoxy) is 1. The average molecular weight is 254 g/mol. The number of benzene rings is 1. The summed E-state index contributed by atoms with van der Waals surface area (Å²) in [7, 11) is 0. The van der Waals surface area contributed by atoms with Gasteiger partial charge in [0.2, 0.25) is 0 Å². The molecule has 0 saturated heterocycles. The molecule has 0 bridgehead atoms. The van der Waals surface area contributed by atoms with Gasteiger partial charge >= 0.3 is 5.97 Å². The number of carbonyl (C=O) groups is 1. The van der Waals surface area contributed by atoms with E-state index in [1.54, 1.807) is 0 Å². The largest absolute Gasteiger partial charge is 0.489 e. The van der Waals surface area contributed by atoms with Crippen LogP contribution in [0.25, 0.3) is 0 Å². The van der Waals surface area contributed by atoms with Crippen LogP contribution >= 0.6 is 0 Å². The van der Waals surface area contributed by atoms with Crippen LogP contribution in [0.1, 0.15) is 36.0 Å². The van der Waals surface area contributed by atoms with Crippen LogP contribution in [0.5, 0.6) is 5.75 Å². The van der Waals surface area contributed by atoms with Crippen molar-refractivity contribution >= 4 is 5.97 Å². The van der Waals surface area contributed by atoms with E-state index in [4.69, 9.17) is 9.84 Å². The first-order chi connectivity index (χ1) is 8.58. The van der Waals surface area contributed by atoms with E-state index < -0.39 is 17.3 Å². The molecular formula is C13H15FO4. The molecule has 0 aromatic heterocycles. The maximum atomic E-state index is 13.4. The van der Waals surface area contributed by atoms with Gasteiger partial charge in [-0.15, -0.1) is 0 Å². The molecule has 1 aliphatic rings. The molecule has 0 unspecified atom stereocenters. The monoisotopic (exact) mass is 254 g/mol. The van der Waals surface area contributed by atoms with Crippen molar-refractivity contribution in [2.45, 2.75) is 37.9 Å². The number of carboxylic acid groups (broad SMARTS) is 1. The van der Waals surface area contributed by atoms with Gasteiger partial charge in [0, 0.05) is 0 Å². The van der Waals surface area contributed by atoms with E-state index in [1.165, 1.54) is 12.1 Å². The van der Waals surface area contributed by atoms with Crippen molar-refractivity contribution < 1.29 is 24.1 Å². The van der Waals surface area contributed by atoms with Crippen LogP contribution in [0.3, 0.4) is 0 Å². The number of halogens is 1. The predicted molar refractivity (Wildman–Crippen MR) is 62.3 cm³/mol. The maximum absolute atomic E-state index is 13.4. The molecule has 2 rings (SSSR count). The van der Waals surface area contributed by atoms with Crippen LogP contribution < -0.4 is 4.74 Å². The van der Waals surface area contributed by atoms with Crippen molar-refractivity contribution in [2.24, 2.45) is 0 Å². The number of carboxylic acids is 1. The summed E-state index contributed by atoms with van der Waals surface area (Å²) in [6.07, 6.45) is 2.09. The minimum absolute atomic E-state index is 0.0592. The van der Waals surface area contributed by atoms with E-state index in [1.807, 2.05) is 0 Å². The summed E-state index contributed by atoms with van der Waals surface area (Å²) in [4.78, 5) is 11.0. The van der Waals surface area contributed by atoms with E-state index in [9.17, 15) is 14.3 Å². The molecule has 2 N–H and O–H groups in total. The zero-order chi connectivity index (χ0) is 13.1. The summed E-state index contributed by atoms with van der Waals surface area (Å²) in [5.74, 6) is -2.07. The standard InChI is InChI=1S/C13H15FO4/c14-10-2-1-3-11(12(10)13(16)17)18-9-6-4-8(15)5-7-9/h1-3,8-9,15H,4-7H2,(H,16,17). The second-order valence-electron chi connectivity index (χ2n) is 4.47. The summed E-state index contributed by atoms with van der Waals surface area (Å²) < 4.78 is 19.0. The molecule has 1 aromatic rings. The van der Waals surface area contributed by atoms with Gasteiger partial charge in [-0.2, -0.15) is 0 Å².